The fraction of sp³-hybridized carbons (Fsp3) is 0.250. The Hall–Kier alpha value is -1.84. The minimum Gasteiger partial charge on any atom is -0.480 e. The summed E-state index contributed by atoms with van der Waals surface area (Å²) in [5.74, 6) is 0.171. The summed E-state index contributed by atoms with van der Waals surface area (Å²) in [6, 6.07) is 5.02. The predicted molar refractivity (Wildman–Crippen MR) is 62.6 cm³/mol. The van der Waals surface area contributed by atoms with Gasteiger partial charge < -0.3 is 9.64 Å². The van der Waals surface area contributed by atoms with Crippen LogP contribution in [0.2, 0.25) is 0 Å². The van der Waals surface area contributed by atoms with Crippen molar-refractivity contribution in [3.8, 4) is 5.88 Å². The molecule has 3 nitrogen and oxygen atoms in total. The summed E-state index contributed by atoms with van der Waals surface area (Å²) in [5, 5.41) is 1.62. The maximum Gasteiger partial charge on any atom is 0.223 e. The van der Waals surface area contributed by atoms with Crippen molar-refractivity contribution in [3.63, 3.8) is 0 Å². The first kappa shape index (κ1) is 10.7. The van der Waals surface area contributed by atoms with Crippen LogP contribution in [0.5, 0.6) is 5.88 Å². The van der Waals surface area contributed by atoms with Gasteiger partial charge in [0.05, 0.1) is 18.2 Å². The third-order valence-electron chi connectivity index (χ3n) is 2.46. The van der Waals surface area contributed by atoms with Gasteiger partial charge in [0.15, 0.2) is 0 Å². The maximum atomic E-state index is 13.8. The van der Waals surface area contributed by atoms with Crippen LogP contribution in [0.15, 0.2) is 24.4 Å². The minimum atomic E-state index is -0.274. The van der Waals surface area contributed by atoms with E-state index in [9.17, 15) is 4.39 Å². The van der Waals surface area contributed by atoms with Crippen LogP contribution in [-0.4, -0.2) is 26.2 Å². The molecule has 0 spiro atoms. The van der Waals surface area contributed by atoms with Crippen LogP contribution >= 0.6 is 0 Å². The first-order valence-electron chi connectivity index (χ1n) is 4.93. The second-order valence-corrected chi connectivity index (χ2v) is 3.71. The van der Waals surface area contributed by atoms with Crippen molar-refractivity contribution in [2.45, 2.75) is 0 Å². The Bertz CT molecular complexity index is 526. The summed E-state index contributed by atoms with van der Waals surface area (Å²) < 4.78 is 18.9. The molecule has 0 bridgehead atoms. The molecule has 0 atom stereocenters. The van der Waals surface area contributed by atoms with Gasteiger partial charge in [0.2, 0.25) is 5.88 Å². The van der Waals surface area contributed by atoms with Gasteiger partial charge in [-0.05, 0) is 17.5 Å². The first-order valence-corrected chi connectivity index (χ1v) is 4.93. The van der Waals surface area contributed by atoms with Gasteiger partial charge in [-0.25, -0.2) is 9.37 Å². The number of nitrogens with zero attached hydrogens (tertiary/aromatic N) is 2. The lowest BCUT2D eigenvalue weighted by molar-refractivity contribution is 0.403. The van der Waals surface area contributed by atoms with Crippen LogP contribution in [0.4, 0.5) is 10.1 Å². The monoisotopic (exact) mass is 220 g/mol. The molecule has 2 rings (SSSR count). The highest BCUT2D eigenvalue weighted by Crippen LogP contribution is 2.33. The van der Waals surface area contributed by atoms with Gasteiger partial charge in [0, 0.05) is 20.3 Å². The molecule has 0 aliphatic rings. The standard InChI is InChI=1S/C12H13FN2O/c1-15(2)11-9(13)5-4-8-6-7-14-12(16-3)10(8)11/h4-7H,1-3H3. The molecule has 1 aromatic heterocycles. The zero-order chi connectivity index (χ0) is 11.7. The number of hydrogen-bond donors (Lipinski definition) is 0. The van der Waals surface area contributed by atoms with Gasteiger partial charge in [-0.2, -0.15) is 0 Å². The minimum absolute atomic E-state index is 0.274. The Morgan fingerprint density at radius 2 is 2.00 bits per heavy atom. The van der Waals surface area contributed by atoms with Crippen LogP contribution in [0.3, 0.4) is 0 Å². The predicted octanol–water partition coefficient (Wildman–Crippen LogP) is 2.45. The number of aromatic nitrogens is 1. The van der Waals surface area contributed by atoms with E-state index < -0.39 is 0 Å². The Balaban J connectivity index is 2.88. The van der Waals surface area contributed by atoms with Crippen molar-refractivity contribution >= 4 is 16.5 Å². The number of ether oxygens (including phenoxy) is 1. The molecule has 0 aliphatic carbocycles. The summed E-state index contributed by atoms with van der Waals surface area (Å²) in [6.07, 6.45) is 1.65. The SMILES string of the molecule is COc1nccc2ccc(F)c(N(C)C)c12. The molecule has 1 heterocycles. The van der Waals surface area contributed by atoms with E-state index in [2.05, 4.69) is 4.98 Å². The number of hydrogen-bond acceptors (Lipinski definition) is 3. The Labute approximate surface area is 93.5 Å². The van der Waals surface area contributed by atoms with Gasteiger partial charge >= 0.3 is 0 Å². The topological polar surface area (TPSA) is 25.4 Å². The van der Waals surface area contributed by atoms with Crippen LogP contribution < -0.4 is 9.64 Å². The highest BCUT2D eigenvalue weighted by atomic mass is 19.1. The van der Waals surface area contributed by atoms with E-state index >= 15 is 0 Å². The van der Waals surface area contributed by atoms with Crippen molar-refractivity contribution < 1.29 is 9.13 Å². The van der Waals surface area contributed by atoms with E-state index in [1.165, 1.54) is 13.2 Å². The van der Waals surface area contributed by atoms with Gasteiger partial charge in [-0.1, -0.05) is 6.07 Å². The van der Waals surface area contributed by atoms with Gasteiger partial charge in [-0.15, -0.1) is 0 Å². The van der Waals surface area contributed by atoms with Crippen molar-refractivity contribution in [2.75, 3.05) is 26.1 Å². The van der Waals surface area contributed by atoms with E-state index in [0.717, 1.165) is 5.39 Å². The molecule has 84 valence electrons. The molecule has 2 aromatic rings. The molecule has 0 N–H and O–H groups in total. The molecule has 0 radical (unpaired) electrons. The zero-order valence-electron chi connectivity index (χ0n) is 9.49. The summed E-state index contributed by atoms with van der Waals surface area (Å²) in [5.41, 5.74) is 0.502. The molecule has 4 heteroatoms. The highest BCUT2D eigenvalue weighted by molar-refractivity contribution is 5.98. The van der Waals surface area contributed by atoms with Crippen molar-refractivity contribution in [3.05, 3.63) is 30.2 Å². The normalized spacial score (nSPS) is 10.5. The number of pyridine rings is 1. The Kier molecular flexibility index (Phi) is 2.64. The van der Waals surface area contributed by atoms with Crippen molar-refractivity contribution in [1.29, 1.82) is 0 Å². The van der Waals surface area contributed by atoms with E-state index in [4.69, 9.17) is 4.74 Å². The van der Waals surface area contributed by atoms with Crippen molar-refractivity contribution in [2.24, 2.45) is 0 Å². The molecule has 0 saturated carbocycles. The Morgan fingerprint density at radius 1 is 1.25 bits per heavy atom. The lowest BCUT2D eigenvalue weighted by Gasteiger charge is -2.17. The van der Waals surface area contributed by atoms with Crippen LogP contribution in [0, 0.1) is 5.82 Å². The smallest absolute Gasteiger partial charge is 0.223 e. The molecule has 0 amide bonds. The van der Waals surface area contributed by atoms with Crippen LogP contribution in [0.1, 0.15) is 0 Å². The summed E-state index contributed by atoms with van der Waals surface area (Å²) >= 11 is 0. The average Bonchev–Trinajstić information content (AvgIpc) is 2.27. The van der Waals surface area contributed by atoms with Gasteiger partial charge in [0.1, 0.15) is 5.82 Å². The number of methoxy groups -OCH3 is 1. The molecule has 0 fully saturated rings. The van der Waals surface area contributed by atoms with Gasteiger partial charge in [0.25, 0.3) is 0 Å². The molecular formula is C12H13FN2O. The molecule has 0 saturated heterocycles. The average molecular weight is 220 g/mol. The lowest BCUT2D eigenvalue weighted by atomic mass is 10.1. The second kappa shape index (κ2) is 3.96. The Morgan fingerprint density at radius 3 is 2.62 bits per heavy atom. The highest BCUT2D eigenvalue weighted by Gasteiger charge is 2.14. The number of rotatable bonds is 2. The largest absolute Gasteiger partial charge is 0.480 e. The van der Waals surface area contributed by atoms with E-state index in [-0.39, 0.29) is 5.82 Å². The number of anilines is 1. The third kappa shape index (κ3) is 1.56. The van der Waals surface area contributed by atoms with E-state index in [1.807, 2.05) is 6.07 Å². The summed E-state index contributed by atoms with van der Waals surface area (Å²) in [4.78, 5) is 5.82. The fourth-order valence-corrected chi connectivity index (χ4v) is 1.79. The quantitative estimate of drug-likeness (QED) is 0.777. The summed E-state index contributed by atoms with van der Waals surface area (Å²) in [6.45, 7) is 0. The van der Waals surface area contributed by atoms with Crippen LogP contribution in [0.25, 0.3) is 10.8 Å². The third-order valence-corrected chi connectivity index (χ3v) is 2.46. The first-order chi connectivity index (χ1) is 7.65. The number of halogens is 1. The maximum absolute atomic E-state index is 13.8. The number of benzene rings is 1. The van der Waals surface area contributed by atoms with E-state index in [1.54, 1.807) is 31.3 Å². The number of fused-ring (bicyclic) bond motifs is 1. The van der Waals surface area contributed by atoms with Crippen LogP contribution in [-0.2, 0) is 0 Å². The van der Waals surface area contributed by atoms with Gasteiger partial charge in [-0.3, -0.25) is 0 Å². The molecule has 16 heavy (non-hydrogen) atoms. The fourth-order valence-electron chi connectivity index (χ4n) is 1.79. The molecule has 1 aromatic carbocycles. The molecule has 0 unspecified atom stereocenters. The summed E-state index contributed by atoms with van der Waals surface area (Å²) in [7, 11) is 5.13. The lowest BCUT2D eigenvalue weighted by Crippen LogP contribution is -2.11. The van der Waals surface area contributed by atoms with Crippen molar-refractivity contribution in [1.82, 2.24) is 4.98 Å². The second-order valence-electron chi connectivity index (χ2n) is 3.71. The van der Waals surface area contributed by atoms with E-state index in [0.29, 0.717) is 17.0 Å². The zero-order valence-corrected chi connectivity index (χ0v) is 9.49. The molecule has 0 aliphatic heterocycles. The molecular weight excluding hydrogens is 207 g/mol.